The first-order valence-electron chi connectivity index (χ1n) is 4.71. The molecule has 0 aliphatic heterocycles. The van der Waals surface area contributed by atoms with Crippen LogP contribution in [-0.4, -0.2) is 18.4 Å². The third-order valence-electron chi connectivity index (χ3n) is 1.68. The van der Waals surface area contributed by atoms with Crippen molar-refractivity contribution in [3.63, 3.8) is 0 Å². The van der Waals surface area contributed by atoms with Gasteiger partial charge in [0.05, 0.1) is 0 Å². The molecule has 0 bridgehead atoms. The average Bonchev–Trinajstić information content (AvgIpc) is 1.85. The van der Waals surface area contributed by atoms with Crippen LogP contribution in [0, 0.1) is 0 Å². The molecular weight excluding hydrogens is 239 g/mol. The molecule has 0 radical (unpaired) electrons. The zero-order valence-corrected chi connectivity index (χ0v) is 11.3. The molecule has 66 valence electrons. The van der Waals surface area contributed by atoms with Crippen molar-refractivity contribution in [1.29, 1.82) is 0 Å². The summed E-state index contributed by atoms with van der Waals surface area (Å²) in [6, 6.07) is 0. The Morgan fingerprint density at radius 3 is 2.00 bits per heavy atom. The van der Waals surface area contributed by atoms with E-state index in [1.807, 2.05) is 0 Å². The van der Waals surface area contributed by atoms with Crippen LogP contribution in [0.5, 0.6) is 0 Å². The van der Waals surface area contributed by atoms with Gasteiger partial charge in [-0.3, -0.25) is 0 Å². The predicted molar refractivity (Wildman–Crippen MR) is 56.8 cm³/mol. The van der Waals surface area contributed by atoms with Crippen molar-refractivity contribution in [2.45, 2.75) is 45.4 Å². The molecule has 0 aliphatic rings. The van der Waals surface area contributed by atoms with Crippen LogP contribution in [0.25, 0.3) is 0 Å². The van der Waals surface area contributed by atoms with Crippen molar-refractivity contribution >= 4 is 18.4 Å². The van der Waals surface area contributed by atoms with Crippen LogP contribution in [0.1, 0.15) is 26.2 Å². The molecule has 0 rings (SSSR count). The monoisotopic (exact) mass is 262 g/mol. The molecule has 0 fully saturated rings. The Morgan fingerprint density at radius 2 is 1.55 bits per heavy atom. The van der Waals surface area contributed by atoms with E-state index in [9.17, 15) is 0 Å². The average molecular weight is 261 g/mol. The first-order valence-corrected chi connectivity index (χ1v) is 15.3. The van der Waals surface area contributed by atoms with Gasteiger partial charge in [-0.25, -0.2) is 0 Å². The maximum atomic E-state index is 2.50. The number of hydrogen-bond donors (Lipinski definition) is 0. The Balaban J connectivity index is 3.27. The van der Waals surface area contributed by atoms with Crippen molar-refractivity contribution in [3.8, 4) is 0 Å². The van der Waals surface area contributed by atoms with Crippen LogP contribution in [0.3, 0.4) is 0 Å². The Morgan fingerprint density at radius 1 is 1.00 bits per heavy atom. The second-order valence-corrected chi connectivity index (χ2v) is 20.4. The normalized spacial score (nSPS) is 12.7. The standard InChI is InChI=1S/C7H13.3CH3.Sn/c1-3-5-7-6-4-2;;;;/h5,7H,1,3-4,6H2,2H3;3*1H3;/b7-5+;;;;. The van der Waals surface area contributed by atoms with Crippen molar-refractivity contribution < 1.29 is 0 Å². The molecule has 0 unspecified atom stereocenters. The van der Waals surface area contributed by atoms with E-state index in [0.717, 1.165) is 0 Å². The molecule has 0 spiro atoms. The fourth-order valence-corrected chi connectivity index (χ4v) is 3.87. The summed E-state index contributed by atoms with van der Waals surface area (Å²) in [6.45, 7) is 2.23. The summed E-state index contributed by atoms with van der Waals surface area (Å²) in [6.07, 6.45) is 8.58. The summed E-state index contributed by atoms with van der Waals surface area (Å²) in [5, 5.41) is 0. The fourth-order valence-electron chi connectivity index (χ4n) is 0.919. The molecule has 0 aromatic carbocycles. The molecule has 0 nitrogen and oxygen atoms in total. The fraction of sp³-hybridized carbons (Fsp3) is 0.800. The molecule has 0 saturated carbocycles. The van der Waals surface area contributed by atoms with E-state index in [0.29, 0.717) is 0 Å². The molecule has 0 aromatic heterocycles. The van der Waals surface area contributed by atoms with Gasteiger partial charge in [0.2, 0.25) is 0 Å². The maximum absolute atomic E-state index is 2.50. The second kappa shape index (κ2) is 6.10. The minimum atomic E-state index is -1.42. The molecule has 0 amide bonds. The molecule has 11 heavy (non-hydrogen) atoms. The van der Waals surface area contributed by atoms with E-state index < -0.39 is 18.4 Å². The molecular formula is C10H22Sn. The number of unbranched alkanes of at least 4 members (excludes halogenated alkanes) is 1. The van der Waals surface area contributed by atoms with Crippen LogP contribution in [0.2, 0.25) is 19.3 Å². The van der Waals surface area contributed by atoms with E-state index in [1.54, 1.807) is 0 Å². The predicted octanol–water partition coefficient (Wildman–Crippen LogP) is 4.07. The molecule has 0 aromatic rings. The molecule has 0 aliphatic carbocycles. The summed E-state index contributed by atoms with van der Waals surface area (Å²) >= 11 is -1.42. The van der Waals surface area contributed by atoms with Crippen LogP contribution < -0.4 is 0 Å². The zero-order valence-electron chi connectivity index (χ0n) is 8.48. The molecule has 0 saturated heterocycles. The van der Waals surface area contributed by atoms with E-state index in [4.69, 9.17) is 0 Å². The third-order valence-corrected chi connectivity index (χ3v) is 6.79. The first kappa shape index (κ1) is 11.5. The quantitative estimate of drug-likeness (QED) is 0.516. The Kier molecular flexibility index (Phi) is 6.40. The summed E-state index contributed by atoms with van der Waals surface area (Å²) in [5.41, 5.74) is 0. The topological polar surface area (TPSA) is 0 Å². The first-order chi connectivity index (χ1) is 5.06. The van der Waals surface area contributed by atoms with Gasteiger partial charge in [-0.05, 0) is 0 Å². The zero-order chi connectivity index (χ0) is 8.74. The Bertz CT molecular complexity index is 109. The van der Waals surface area contributed by atoms with Gasteiger partial charge >= 0.3 is 76.0 Å². The number of allylic oxidation sites excluding steroid dienone is 2. The Hall–Kier alpha value is 0.539. The summed E-state index contributed by atoms with van der Waals surface area (Å²) in [7, 11) is 0. The van der Waals surface area contributed by atoms with Crippen LogP contribution in [0.4, 0.5) is 0 Å². The molecule has 0 heterocycles. The van der Waals surface area contributed by atoms with Gasteiger partial charge in [0, 0.05) is 0 Å². The van der Waals surface area contributed by atoms with E-state index in [1.165, 1.54) is 23.7 Å². The van der Waals surface area contributed by atoms with Gasteiger partial charge in [0.1, 0.15) is 0 Å². The van der Waals surface area contributed by atoms with Gasteiger partial charge in [-0.1, -0.05) is 0 Å². The van der Waals surface area contributed by atoms with E-state index >= 15 is 0 Å². The SMILES string of the molecule is CCC/C=C/C[CH2][Sn]([CH3])([CH3])[CH3]. The van der Waals surface area contributed by atoms with Crippen molar-refractivity contribution in [1.82, 2.24) is 0 Å². The molecule has 1 heteroatoms. The minimum absolute atomic E-state index is 1.26. The van der Waals surface area contributed by atoms with Crippen molar-refractivity contribution in [3.05, 3.63) is 12.2 Å². The van der Waals surface area contributed by atoms with Crippen LogP contribution >= 0.6 is 0 Å². The van der Waals surface area contributed by atoms with E-state index in [2.05, 4.69) is 33.9 Å². The molecule has 0 atom stereocenters. The van der Waals surface area contributed by atoms with Crippen molar-refractivity contribution in [2.24, 2.45) is 0 Å². The molecule has 0 N–H and O–H groups in total. The summed E-state index contributed by atoms with van der Waals surface area (Å²) < 4.78 is 1.51. The third kappa shape index (κ3) is 10.5. The van der Waals surface area contributed by atoms with Crippen molar-refractivity contribution in [2.75, 3.05) is 0 Å². The number of hydrogen-bond acceptors (Lipinski definition) is 0. The summed E-state index contributed by atoms with van der Waals surface area (Å²) in [4.78, 5) is 7.51. The van der Waals surface area contributed by atoms with Crippen LogP contribution in [0.15, 0.2) is 12.2 Å². The Labute approximate surface area is 76.0 Å². The van der Waals surface area contributed by atoms with Gasteiger partial charge < -0.3 is 0 Å². The van der Waals surface area contributed by atoms with Gasteiger partial charge in [0.15, 0.2) is 0 Å². The van der Waals surface area contributed by atoms with Crippen LogP contribution in [-0.2, 0) is 0 Å². The van der Waals surface area contributed by atoms with Gasteiger partial charge in [-0.2, -0.15) is 0 Å². The summed E-state index contributed by atoms with van der Waals surface area (Å²) in [5.74, 6) is 0. The van der Waals surface area contributed by atoms with Gasteiger partial charge in [0.25, 0.3) is 0 Å². The van der Waals surface area contributed by atoms with E-state index in [-0.39, 0.29) is 0 Å². The number of rotatable bonds is 5. The second-order valence-electron chi connectivity index (χ2n) is 4.36. The van der Waals surface area contributed by atoms with Gasteiger partial charge in [-0.15, -0.1) is 0 Å².